The zero-order valence-electron chi connectivity index (χ0n) is 69.0. The molecule has 616 valence electrons. The topological polar surface area (TPSA) is 406 Å². The summed E-state index contributed by atoms with van der Waals surface area (Å²) in [7, 11) is 0. The lowest BCUT2D eigenvalue weighted by atomic mass is 9.89. The van der Waals surface area contributed by atoms with Crippen molar-refractivity contribution in [1.29, 1.82) is 42.1 Å². The van der Waals surface area contributed by atoms with Gasteiger partial charge in [-0.3, -0.25) is 0 Å². The van der Waals surface area contributed by atoms with Crippen LogP contribution >= 0.6 is 0 Å². The number of rotatable bonds is 6. The van der Waals surface area contributed by atoms with Gasteiger partial charge in [-0.1, -0.05) is 18.2 Å². The Morgan fingerprint density at radius 1 is 0.295 bits per heavy atom. The van der Waals surface area contributed by atoms with E-state index < -0.39 is 80.2 Å². The number of nitriles is 8. The molecule has 4 aromatic carbocycles. The first-order chi connectivity index (χ1) is 64.1. The van der Waals surface area contributed by atoms with Crippen LogP contribution in [0.5, 0.6) is 0 Å². The van der Waals surface area contributed by atoms with Crippen molar-refractivity contribution in [1.82, 2.24) is 69.8 Å². The first-order valence-electron chi connectivity index (χ1n) is 38.9. The van der Waals surface area contributed by atoms with Crippen molar-refractivity contribution in [3.63, 3.8) is 0 Å². The second kappa shape index (κ2) is 36.2. The Morgan fingerprint density at radius 2 is 0.545 bits per heavy atom. The van der Waals surface area contributed by atoms with Crippen molar-refractivity contribution < 1.29 is 17.6 Å². The number of hydrogen-bond donors (Lipinski definition) is 0. The molecule has 0 N–H and O–H groups in total. The Labute approximate surface area is 746 Å². The van der Waals surface area contributed by atoms with Crippen molar-refractivity contribution in [2.75, 3.05) is 0 Å². The Morgan fingerprint density at radius 3 is 0.833 bits per heavy atom. The number of nitrogens with zero attached hydrogens (tertiary/aromatic N) is 30. The van der Waals surface area contributed by atoms with Gasteiger partial charge < -0.3 is 0 Å². The smallest absolute Gasteiger partial charge is 0.244 e. The molecule has 10 aromatic rings. The van der Waals surface area contributed by atoms with E-state index in [-0.39, 0.29) is 34.2 Å². The van der Waals surface area contributed by atoms with Crippen LogP contribution in [-0.2, 0) is 51.4 Å². The van der Waals surface area contributed by atoms with Crippen molar-refractivity contribution in [2.24, 2.45) is 0 Å². The minimum atomic E-state index is -1.24. The highest BCUT2D eigenvalue weighted by molar-refractivity contribution is 5.90. The number of hydrogen-bond acceptors (Lipinski definition) is 22. The molecule has 0 saturated heterocycles. The highest BCUT2D eigenvalue weighted by atomic mass is 19.1. The van der Waals surface area contributed by atoms with Crippen molar-refractivity contribution >= 4 is 48.1 Å². The minimum absolute atomic E-state index is 0.00918. The van der Waals surface area contributed by atoms with Gasteiger partial charge in [0.15, 0.2) is 23.3 Å². The number of aromatic nitrogens is 14. The molecule has 0 amide bonds. The quantitative estimate of drug-likeness (QED) is 0.0847. The largest absolute Gasteiger partial charge is 0.525 e. The lowest BCUT2D eigenvalue weighted by Crippen LogP contribution is -2.26. The summed E-state index contributed by atoms with van der Waals surface area (Å²) in [6.07, 6.45) is 28.4. The standard InChI is InChI=1S/C28H18N10.2C26H12N8.C18H4F4N4/c1-13-33-14(2)36-27(35-13)24-20-7-17(19(11-29)12-30)8-21(20)25(28-37-15(3)34-16(4)38-28)23-10-18(9-22(23)24)26(31-5)32-6;1-29-26(30-2)16-5-22-23(6-16)25(19-11-33-14-34-12-19)21-4-15(17(7-27)8-28)3-20(21)24(22)18-9-31-13-32-10-18;1-29-24(30-2)16-11-20-21(12-16)23(26-33-7-4-8-34-26)19-10-15(17(13-27)14-28)9-18(19)22(20)25-31-5-3-6-32-25;1-25-18(26-2)11-4-10-13(17(11)22)15(20)9-3-8(7(5-23)6-24)14(19)12(9)16(10)21/h7,10H,8-9H2,1-4H3;3,6,9-14H,4-5H2;3-9,12H,10-11H2;3-4H2. The summed E-state index contributed by atoms with van der Waals surface area (Å²) in [5.74, 6) is -1.47. The molecule has 18 rings (SSSR count). The van der Waals surface area contributed by atoms with E-state index in [9.17, 15) is 49.1 Å². The zero-order chi connectivity index (χ0) is 93.6. The van der Waals surface area contributed by atoms with E-state index >= 15 is 0 Å². The second-order valence-corrected chi connectivity index (χ2v) is 29.4. The van der Waals surface area contributed by atoms with Crippen LogP contribution in [-0.4, -0.2) is 69.8 Å². The molecular formula is C98H46F4N30. The molecule has 0 radical (unpaired) electrons. The lowest BCUT2D eigenvalue weighted by molar-refractivity contribution is 0.563. The molecule has 0 saturated carbocycles. The first-order valence-corrected chi connectivity index (χ1v) is 38.9. The number of halogens is 4. The molecule has 132 heavy (non-hydrogen) atoms. The third-order valence-corrected chi connectivity index (χ3v) is 22.3. The number of fused-ring (bicyclic) bond motifs is 8. The van der Waals surface area contributed by atoms with Crippen LogP contribution < -0.4 is 41.7 Å². The van der Waals surface area contributed by atoms with Gasteiger partial charge >= 0.3 is 23.3 Å². The fourth-order valence-electron chi connectivity index (χ4n) is 17.1. The summed E-state index contributed by atoms with van der Waals surface area (Å²) in [6, 6.07) is 18.3. The highest BCUT2D eigenvalue weighted by Crippen LogP contribution is 2.40. The van der Waals surface area contributed by atoms with Crippen LogP contribution in [0.1, 0.15) is 67.8 Å². The van der Waals surface area contributed by atoms with Crippen LogP contribution in [0, 0.1) is 183 Å². The van der Waals surface area contributed by atoms with Crippen LogP contribution in [0.4, 0.5) is 17.6 Å². The average molecular weight is 1720 g/mol. The highest BCUT2D eigenvalue weighted by Gasteiger charge is 2.39. The molecule has 30 nitrogen and oxygen atoms in total. The summed E-state index contributed by atoms with van der Waals surface area (Å²) >= 11 is 0. The number of aryl methyl sites for hydroxylation is 4. The average Bonchev–Trinajstić information content (AvgIpc) is 1.58. The maximum absolute atomic E-state index is 14.8. The lowest BCUT2D eigenvalue weighted by Gasteiger charge is -2.15. The van der Waals surface area contributed by atoms with Gasteiger partial charge in [-0.15, -0.1) is 0 Å². The van der Waals surface area contributed by atoms with E-state index in [1.165, 1.54) is 24.8 Å². The monoisotopic (exact) mass is 1720 g/mol. The third-order valence-electron chi connectivity index (χ3n) is 22.3. The predicted molar refractivity (Wildman–Crippen MR) is 463 cm³/mol. The summed E-state index contributed by atoms with van der Waals surface area (Å²) in [4.78, 5) is 88.0. The molecular weight excluding hydrogens is 1670 g/mol. The Balaban J connectivity index is 0.000000136. The van der Waals surface area contributed by atoms with E-state index in [4.69, 9.17) is 63.1 Å². The molecule has 6 heterocycles. The van der Waals surface area contributed by atoms with Crippen LogP contribution in [0.25, 0.3) is 155 Å². The molecule has 8 aliphatic rings. The normalized spacial score (nSPS) is 13.0. The molecule has 6 aromatic heterocycles. The molecule has 0 unspecified atom stereocenters. The van der Waals surface area contributed by atoms with Gasteiger partial charge in [-0.25, -0.2) is 87.3 Å². The third kappa shape index (κ3) is 15.2. The van der Waals surface area contributed by atoms with Gasteiger partial charge in [-0.2, -0.15) is 80.9 Å². The molecule has 0 spiro atoms. The van der Waals surface area contributed by atoms with Crippen molar-refractivity contribution in [2.45, 2.75) is 79.1 Å². The van der Waals surface area contributed by atoms with Gasteiger partial charge in [0.25, 0.3) is 0 Å². The van der Waals surface area contributed by atoms with Gasteiger partial charge in [0, 0.05) is 132 Å². The summed E-state index contributed by atoms with van der Waals surface area (Å²) in [5.41, 5.74) is 12.8. The first kappa shape index (κ1) is 86.6. The van der Waals surface area contributed by atoms with E-state index in [1.54, 1.807) is 89.4 Å². The summed E-state index contributed by atoms with van der Waals surface area (Å²) in [5, 5.41) is 78.3. The summed E-state index contributed by atoms with van der Waals surface area (Å²) < 4.78 is 58.7. The Hall–Kier alpha value is -20.3. The summed E-state index contributed by atoms with van der Waals surface area (Å²) in [6.45, 7) is 65.6. The zero-order valence-corrected chi connectivity index (χ0v) is 69.0. The molecule has 34 heteroatoms. The van der Waals surface area contributed by atoms with Crippen LogP contribution in [0.15, 0.2) is 165 Å². The molecule has 0 bridgehead atoms. The van der Waals surface area contributed by atoms with Gasteiger partial charge in [0.2, 0.25) is 0 Å². The van der Waals surface area contributed by atoms with Crippen molar-refractivity contribution in [3.05, 3.63) is 377 Å². The molecule has 8 aliphatic carbocycles. The van der Waals surface area contributed by atoms with E-state index in [0.29, 0.717) is 119 Å². The maximum Gasteiger partial charge on any atom is 0.525 e. The number of allylic oxidation sites excluding steroid dienone is 12. The predicted octanol–water partition coefficient (Wildman–Crippen LogP) is 10.7. The fourth-order valence-corrected chi connectivity index (χ4v) is 17.1. The minimum Gasteiger partial charge on any atom is -0.244 e. The van der Waals surface area contributed by atoms with Gasteiger partial charge in [0.05, 0.1) is 32.7 Å². The van der Waals surface area contributed by atoms with Gasteiger partial charge in [0.1, 0.15) is 183 Å². The van der Waals surface area contributed by atoms with Crippen LogP contribution in [0.3, 0.4) is 0 Å². The van der Waals surface area contributed by atoms with Gasteiger partial charge in [-0.05, 0) is 170 Å². The SMILES string of the molecule is [C-]#[N+]C([N+]#[C-])=C1C=c2c(c(-c3cncnc3)c3c(c2-c2cncnc2)CC(=C(C#N)C#N)C=3)C1.[C-]#[N+]C([N+]#[C-])=C1C=c2c(c(-c3nc(C)nc(C)n3)c3c(c2-c2nc(C)nc(C)n2)CC(=C(C#N)C#N)C=3)C1.[C-]#[N+]C([N+]#[C-])=C1C=c2c(c(-c3ncccn3)c3c(c2-c2ncccn2)CC(=C(C#N)C#N)C=3)C1.[C-]#[N+]C([N+]#[C-])=C1Cc2c(F)c3c(c(F)c2=C1F)CC(=C(C#N)C#N)C=3F. The Bertz CT molecular complexity index is 7730. The van der Waals surface area contributed by atoms with E-state index in [0.717, 1.165) is 109 Å². The Kier molecular flexibility index (Phi) is 23.8. The fraction of sp³-hybridized carbons (Fsp3) is 0.122. The molecule has 0 aliphatic heterocycles. The molecule has 0 atom stereocenters. The van der Waals surface area contributed by atoms with Crippen molar-refractivity contribution in [3.8, 4) is 116 Å². The molecule has 0 fully saturated rings. The second-order valence-electron chi connectivity index (χ2n) is 29.4. The van der Waals surface area contributed by atoms with E-state index in [1.807, 2.05) is 72.9 Å². The maximum atomic E-state index is 14.8. The van der Waals surface area contributed by atoms with E-state index in [2.05, 4.69) is 109 Å². The van der Waals surface area contributed by atoms with Crippen LogP contribution in [0.2, 0.25) is 0 Å². The number of benzene rings is 4.